The fraction of sp³-hybridized carbons (Fsp3) is 0.500. The highest BCUT2D eigenvalue weighted by molar-refractivity contribution is 6.30. The average Bonchev–Trinajstić information content (AvgIpc) is 2.36. The van der Waals surface area contributed by atoms with Crippen LogP contribution in [0.4, 0.5) is 0 Å². The van der Waals surface area contributed by atoms with Crippen molar-refractivity contribution in [2.75, 3.05) is 0 Å². The smallest absolute Gasteiger partial charge is 0.142 e. The van der Waals surface area contributed by atoms with Crippen molar-refractivity contribution in [3.05, 3.63) is 34.9 Å². The van der Waals surface area contributed by atoms with Gasteiger partial charge in [-0.2, -0.15) is 0 Å². The molecule has 0 amide bonds. The van der Waals surface area contributed by atoms with Crippen LogP contribution in [-0.4, -0.2) is 6.21 Å². The maximum absolute atomic E-state index is 5.83. The number of nitrogens with zero attached hydrogens (tertiary/aromatic N) is 1. The Balaban J connectivity index is 0.00000121. The predicted octanol–water partition coefficient (Wildman–Crippen LogP) is 5.06. The van der Waals surface area contributed by atoms with Crippen LogP contribution < -0.4 is 0 Å². The zero-order chi connectivity index (χ0) is 12.9. The molecule has 0 aliphatic carbocycles. The fourth-order valence-electron chi connectivity index (χ4n) is 1.14. The van der Waals surface area contributed by atoms with E-state index in [0.29, 0.717) is 6.61 Å². The molecule has 0 atom stereocenters. The Kier molecular flexibility index (Phi) is 10.8. The van der Waals surface area contributed by atoms with Crippen LogP contribution in [0.3, 0.4) is 0 Å². The van der Waals surface area contributed by atoms with Gasteiger partial charge in [0, 0.05) is 11.2 Å². The lowest BCUT2D eigenvalue weighted by atomic mass is 10.2. The molecule has 0 aliphatic rings. The molecule has 17 heavy (non-hydrogen) atoms. The summed E-state index contributed by atoms with van der Waals surface area (Å²) in [5.74, 6) is 0. The summed E-state index contributed by atoms with van der Waals surface area (Å²) in [7, 11) is 0. The normalized spacial score (nSPS) is 9.88. The van der Waals surface area contributed by atoms with Gasteiger partial charge in [0.15, 0.2) is 0 Å². The van der Waals surface area contributed by atoms with E-state index < -0.39 is 0 Å². The molecule has 0 bridgehead atoms. The molecule has 0 heterocycles. The summed E-state index contributed by atoms with van der Waals surface area (Å²) in [6, 6.07) is 7.59. The Morgan fingerprint density at radius 1 is 1.35 bits per heavy atom. The molecule has 0 radical (unpaired) electrons. The Hall–Kier alpha value is -1.02. The van der Waals surface area contributed by atoms with Gasteiger partial charge in [-0.15, -0.1) is 0 Å². The molecular formula is C14H22ClNO. The number of halogens is 1. The minimum absolute atomic E-state index is 0.475. The van der Waals surface area contributed by atoms with Crippen LogP contribution in [0.5, 0.6) is 0 Å². The lowest BCUT2D eigenvalue weighted by molar-refractivity contribution is 0.131. The molecule has 0 spiro atoms. The molecule has 1 rings (SSSR count). The Bertz CT molecular complexity index is 313. The van der Waals surface area contributed by atoms with E-state index in [-0.39, 0.29) is 0 Å². The van der Waals surface area contributed by atoms with Crippen LogP contribution in [-0.2, 0) is 11.4 Å². The lowest BCUT2D eigenvalue weighted by Gasteiger charge is -1.99. The van der Waals surface area contributed by atoms with Crippen LogP contribution in [0.15, 0.2) is 29.4 Å². The van der Waals surface area contributed by atoms with Crippen LogP contribution >= 0.6 is 11.6 Å². The molecule has 1 aromatic rings. The zero-order valence-electron chi connectivity index (χ0n) is 10.9. The third kappa shape index (κ3) is 8.75. The van der Waals surface area contributed by atoms with Gasteiger partial charge in [0.25, 0.3) is 0 Å². The first kappa shape index (κ1) is 16.0. The summed E-state index contributed by atoms with van der Waals surface area (Å²) in [6.07, 6.45) is 5.13. The second-order valence-electron chi connectivity index (χ2n) is 3.33. The van der Waals surface area contributed by atoms with Crippen molar-refractivity contribution in [2.24, 2.45) is 5.16 Å². The van der Waals surface area contributed by atoms with Crippen LogP contribution in [0, 0.1) is 0 Å². The number of unbranched alkanes of at least 4 members (excludes halogenated alkanes) is 2. The van der Waals surface area contributed by atoms with Crippen LogP contribution in [0.1, 0.15) is 45.6 Å². The number of hydrogen-bond acceptors (Lipinski definition) is 2. The van der Waals surface area contributed by atoms with E-state index in [0.717, 1.165) is 23.4 Å². The molecule has 1 aromatic carbocycles. The lowest BCUT2D eigenvalue weighted by Crippen LogP contribution is -1.87. The Morgan fingerprint density at radius 3 is 2.76 bits per heavy atom. The minimum atomic E-state index is 0.475. The van der Waals surface area contributed by atoms with E-state index in [4.69, 9.17) is 16.4 Å². The summed E-state index contributed by atoms with van der Waals surface area (Å²) in [4.78, 5) is 5.13. The van der Waals surface area contributed by atoms with Gasteiger partial charge in [0.05, 0.1) is 0 Å². The molecule has 0 saturated heterocycles. The van der Waals surface area contributed by atoms with Gasteiger partial charge in [-0.3, -0.25) is 0 Å². The third-order valence-electron chi connectivity index (χ3n) is 1.96. The van der Waals surface area contributed by atoms with Gasteiger partial charge in [-0.1, -0.05) is 56.1 Å². The molecule has 96 valence electrons. The van der Waals surface area contributed by atoms with E-state index >= 15 is 0 Å². The number of benzene rings is 1. The van der Waals surface area contributed by atoms with Gasteiger partial charge in [0.1, 0.15) is 6.61 Å². The highest BCUT2D eigenvalue weighted by atomic mass is 35.5. The SMILES string of the molecule is CC.CCCC/C=N/OCc1cccc(Cl)c1. The van der Waals surface area contributed by atoms with Crippen molar-refractivity contribution in [1.82, 2.24) is 0 Å². The summed E-state index contributed by atoms with van der Waals surface area (Å²) in [5.41, 5.74) is 1.04. The molecule has 2 nitrogen and oxygen atoms in total. The number of oxime groups is 1. The van der Waals surface area contributed by atoms with Crippen molar-refractivity contribution < 1.29 is 4.84 Å². The maximum atomic E-state index is 5.83. The van der Waals surface area contributed by atoms with Crippen molar-refractivity contribution in [1.29, 1.82) is 0 Å². The second kappa shape index (κ2) is 11.5. The van der Waals surface area contributed by atoms with Gasteiger partial charge in [0.2, 0.25) is 0 Å². The first-order chi connectivity index (χ1) is 8.33. The van der Waals surface area contributed by atoms with E-state index in [2.05, 4.69) is 12.1 Å². The largest absolute Gasteiger partial charge is 0.391 e. The molecule has 0 saturated carbocycles. The monoisotopic (exact) mass is 255 g/mol. The molecule has 0 fully saturated rings. The van der Waals surface area contributed by atoms with Crippen molar-refractivity contribution in [2.45, 2.75) is 46.6 Å². The second-order valence-corrected chi connectivity index (χ2v) is 3.77. The van der Waals surface area contributed by atoms with Crippen molar-refractivity contribution in [3.8, 4) is 0 Å². The molecule has 0 N–H and O–H groups in total. The average molecular weight is 256 g/mol. The van der Waals surface area contributed by atoms with E-state index in [1.54, 1.807) is 0 Å². The first-order valence-corrected chi connectivity index (χ1v) is 6.59. The van der Waals surface area contributed by atoms with Gasteiger partial charge in [-0.05, 0) is 30.5 Å². The summed E-state index contributed by atoms with van der Waals surface area (Å²) in [5, 5.41) is 4.59. The van der Waals surface area contributed by atoms with Gasteiger partial charge >= 0.3 is 0 Å². The summed E-state index contributed by atoms with van der Waals surface area (Å²) in [6.45, 7) is 6.63. The highest BCUT2D eigenvalue weighted by Crippen LogP contribution is 2.11. The predicted molar refractivity (Wildman–Crippen MR) is 75.6 cm³/mol. The van der Waals surface area contributed by atoms with E-state index in [9.17, 15) is 0 Å². The van der Waals surface area contributed by atoms with E-state index in [1.165, 1.54) is 6.42 Å². The molecular weight excluding hydrogens is 234 g/mol. The standard InChI is InChI=1S/C12H16ClNO.C2H6/c1-2-3-4-8-14-15-10-11-6-5-7-12(13)9-11;1-2/h5-9H,2-4,10H2,1H3;1-2H3/b14-8+;. The topological polar surface area (TPSA) is 21.6 Å². The molecule has 0 aliphatic heterocycles. The molecule has 0 unspecified atom stereocenters. The Labute approximate surface area is 110 Å². The van der Waals surface area contributed by atoms with Gasteiger partial charge in [-0.25, -0.2) is 0 Å². The van der Waals surface area contributed by atoms with Crippen molar-refractivity contribution in [3.63, 3.8) is 0 Å². The quantitative estimate of drug-likeness (QED) is 0.396. The highest BCUT2D eigenvalue weighted by Gasteiger charge is 1.93. The summed E-state index contributed by atoms with van der Waals surface area (Å²) < 4.78 is 0. The van der Waals surface area contributed by atoms with Crippen LogP contribution in [0.2, 0.25) is 5.02 Å². The maximum Gasteiger partial charge on any atom is 0.142 e. The van der Waals surface area contributed by atoms with Crippen LogP contribution in [0.25, 0.3) is 0 Å². The zero-order valence-corrected chi connectivity index (χ0v) is 11.7. The minimum Gasteiger partial charge on any atom is -0.391 e. The summed E-state index contributed by atoms with van der Waals surface area (Å²) >= 11 is 5.83. The van der Waals surface area contributed by atoms with E-state index in [1.807, 2.05) is 44.3 Å². The molecule has 0 aromatic heterocycles. The first-order valence-electron chi connectivity index (χ1n) is 6.21. The third-order valence-corrected chi connectivity index (χ3v) is 2.19. The number of hydrogen-bond donors (Lipinski definition) is 0. The Morgan fingerprint density at radius 2 is 2.12 bits per heavy atom. The molecule has 3 heteroatoms. The number of rotatable bonds is 6. The van der Waals surface area contributed by atoms with Crippen molar-refractivity contribution >= 4 is 17.8 Å². The van der Waals surface area contributed by atoms with Gasteiger partial charge < -0.3 is 4.84 Å². The fourth-order valence-corrected chi connectivity index (χ4v) is 1.35.